The molecule has 0 spiro atoms. The minimum atomic E-state index is 0.772. The van der Waals surface area contributed by atoms with Gasteiger partial charge in [0.15, 0.2) is 0 Å². The van der Waals surface area contributed by atoms with Gasteiger partial charge in [0, 0.05) is 22.9 Å². The van der Waals surface area contributed by atoms with Gasteiger partial charge in [-0.3, -0.25) is 0 Å². The van der Waals surface area contributed by atoms with Gasteiger partial charge in [0.25, 0.3) is 0 Å². The van der Waals surface area contributed by atoms with Gasteiger partial charge in [-0.25, -0.2) is 0 Å². The van der Waals surface area contributed by atoms with Gasteiger partial charge < -0.3 is 13.9 Å². The Balaban J connectivity index is 1.49. The molecule has 3 rings (SSSR count). The number of hydrogen-bond donors (Lipinski definition) is 0. The first kappa shape index (κ1) is 23.5. The smallest absolute Gasteiger partial charge is 0.139 e. The van der Waals surface area contributed by atoms with Crippen molar-refractivity contribution >= 4 is 21.9 Å². The molecule has 3 aromatic rings. The normalized spacial score (nSPS) is 11.4. The summed E-state index contributed by atoms with van der Waals surface area (Å²) in [5.74, 6) is 1.78. The summed E-state index contributed by atoms with van der Waals surface area (Å²) in [6, 6.07) is 12.4. The molecule has 0 saturated carbocycles. The molecule has 31 heavy (non-hydrogen) atoms. The molecule has 3 nitrogen and oxygen atoms in total. The second kappa shape index (κ2) is 13.3. The van der Waals surface area contributed by atoms with Gasteiger partial charge in [-0.05, 0) is 37.1 Å². The SMILES string of the molecule is CCCCCCCCOc1ccc2c(c1)oc1cc(OCCCCCCCC)ccc12. The average molecular weight is 425 g/mol. The number of benzene rings is 2. The van der Waals surface area contributed by atoms with Crippen LogP contribution in [0.4, 0.5) is 0 Å². The summed E-state index contributed by atoms with van der Waals surface area (Å²) in [6.45, 7) is 6.05. The third kappa shape index (κ3) is 7.48. The Hall–Kier alpha value is -2.16. The lowest BCUT2D eigenvalue weighted by molar-refractivity contribution is 0.304. The molecule has 0 atom stereocenters. The first-order valence-corrected chi connectivity index (χ1v) is 12.5. The van der Waals surface area contributed by atoms with E-state index in [2.05, 4.69) is 38.1 Å². The highest BCUT2D eigenvalue weighted by molar-refractivity contribution is 6.05. The van der Waals surface area contributed by atoms with E-state index in [1.54, 1.807) is 0 Å². The van der Waals surface area contributed by atoms with Crippen molar-refractivity contribution < 1.29 is 13.9 Å². The monoisotopic (exact) mass is 424 g/mol. The second-order valence-corrected chi connectivity index (χ2v) is 8.65. The first-order valence-electron chi connectivity index (χ1n) is 12.5. The summed E-state index contributed by atoms with van der Waals surface area (Å²) in [5, 5.41) is 2.26. The van der Waals surface area contributed by atoms with Crippen LogP contribution in [0, 0.1) is 0 Å². The lowest BCUT2D eigenvalue weighted by Gasteiger charge is -2.06. The van der Waals surface area contributed by atoms with Crippen LogP contribution in [-0.2, 0) is 0 Å². The zero-order chi connectivity index (χ0) is 21.7. The molecule has 2 aromatic carbocycles. The van der Waals surface area contributed by atoms with Gasteiger partial charge in [0.1, 0.15) is 22.7 Å². The largest absolute Gasteiger partial charge is 0.493 e. The van der Waals surface area contributed by atoms with Crippen LogP contribution in [0.25, 0.3) is 21.9 Å². The maximum absolute atomic E-state index is 6.12. The molecule has 170 valence electrons. The Morgan fingerprint density at radius 1 is 0.548 bits per heavy atom. The third-order valence-electron chi connectivity index (χ3n) is 5.95. The van der Waals surface area contributed by atoms with Crippen LogP contribution in [0.1, 0.15) is 90.9 Å². The van der Waals surface area contributed by atoms with Crippen LogP contribution in [0.5, 0.6) is 11.5 Å². The van der Waals surface area contributed by atoms with Crippen molar-refractivity contribution in [1.29, 1.82) is 0 Å². The number of furan rings is 1. The molecule has 1 aromatic heterocycles. The Morgan fingerprint density at radius 2 is 0.968 bits per heavy atom. The summed E-state index contributed by atoms with van der Waals surface area (Å²) in [6.07, 6.45) is 15.3. The van der Waals surface area contributed by atoms with Gasteiger partial charge in [0.2, 0.25) is 0 Å². The molecular formula is C28H40O3. The second-order valence-electron chi connectivity index (χ2n) is 8.65. The predicted molar refractivity (Wildman–Crippen MR) is 131 cm³/mol. The third-order valence-corrected chi connectivity index (χ3v) is 5.95. The first-order chi connectivity index (χ1) is 15.3. The van der Waals surface area contributed by atoms with Crippen molar-refractivity contribution in [3.8, 4) is 11.5 Å². The summed E-state index contributed by atoms with van der Waals surface area (Å²) in [4.78, 5) is 0. The lowest BCUT2D eigenvalue weighted by atomic mass is 10.1. The summed E-state index contributed by atoms with van der Waals surface area (Å²) in [7, 11) is 0. The quantitative estimate of drug-likeness (QED) is 0.215. The Kier molecular flexibility index (Phi) is 10.1. The van der Waals surface area contributed by atoms with Crippen LogP contribution in [0.2, 0.25) is 0 Å². The molecule has 0 saturated heterocycles. The number of hydrogen-bond acceptors (Lipinski definition) is 3. The molecule has 0 unspecified atom stereocenters. The summed E-state index contributed by atoms with van der Waals surface area (Å²) in [5.41, 5.74) is 1.76. The van der Waals surface area contributed by atoms with Crippen molar-refractivity contribution in [2.24, 2.45) is 0 Å². The van der Waals surface area contributed by atoms with E-state index in [-0.39, 0.29) is 0 Å². The van der Waals surface area contributed by atoms with E-state index < -0.39 is 0 Å². The van der Waals surface area contributed by atoms with Gasteiger partial charge in [-0.15, -0.1) is 0 Å². The van der Waals surface area contributed by atoms with Crippen LogP contribution in [0.3, 0.4) is 0 Å². The number of ether oxygens (including phenoxy) is 2. The van der Waals surface area contributed by atoms with Crippen LogP contribution in [-0.4, -0.2) is 13.2 Å². The molecule has 0 fully saturated rings. The Labute approximate surface area is 188 Å². The van der Waals surface area contributed by atoms with Crippen molar-refractivity contribution in [2.75, 3.05) is 13.2 Å². The van der Waals surface area contributed by atoms with E-state index >= 15 is 0 Å². The minimum Gasteiger partial charge on any atom is -0.493 e. The molecule has 0 amide bonds. The fourth-order valence-electron chi connectivity index (χ4n) is 4.06. The predicted octanol–water partition coefficient (Wildman–Crippen LogP) is 9.06. The Bertz CT molecular complexity index is 824. The van der Waals surface area contributed by atoms with Crippen molar-refractivity contribution in [2.45, 2.75) is 90.9 Å². The highest BCUT2D eigenvalue weighted by Gasteiger charge is 2.09. The number of fused-ring (bicyclic) bond motifs is 3. The maximum atomic E-state index is 6.12. The van der Waals surface area contributed by atoms with Gasteiger partial charge in [0.05, 0.1) is 13.2 Å². The van der Waals surface area contributed by atoms with E-state index in [1.807, 2.05) is 12.1 Å². The number of unbranched alkanes of at least 4 members (excludes halogenated alkanes) is 10. The summed E-state index contributed by atoms with van der Waals surface area (Å²) < 4.78 is 18.0. The summed E-state index contributed by atoms with van der Waals surface area (Å²) >= 11 is 0. The fourth-order valence-corrected chi connectivity index (χ4v) is 4.06. The van der Waals surface area contributed by atoms with Crippen LogP contribution < -0.4 is 9.47 Å². The molecule has 0 aliphatic heterocycles. The topological polar surface area (TPSA) is 31.6 Å². The lowest BCUT2D eigenvalue weighted by Crippen LogP contribution is -1.97. The van der Waals surface area contributed by atoms with Gasteiger partial charge >= 0.3 is 0 Å². The fraction of sp³-hybridized carbons (Fsp3) is 0.571. The van der Waals surface area contributed by atoms with E-state index in [1.165, 1.54) is 64.2 Å². The zero-order valence-corrected chi connectivity index (χ0v) is 19.6. The van der Waals surface area contributed by atoms with Crippen LogP contribution in [0.15, 0.2) is 40.8 Å². The highest BCUT2D eigenvalue weighted by Crippen LogP contribution is 2.33. The van der Waals surface area contributed by atoms with E-state index in [0.29, 0.717) is 0 Å². The van der Waals surface area contributed by atoms with Gasteiger partial charge in [-0.1, -0.05) is 78.1 Å². The van der Waals surface area contributed by atoms with E-state index in [9.17, 15) is 0 Å². The molecule has 3 heteroatoms. The molecular weight excluding hydrogens is 384 g/mol. The molecule has 0 aliphatic rings. The minimum absolute atomic E-state index is 0.772. The Morgan fingerprint density at radius 3 is 1.42 bits per heavy atom. The van der Waals surface area contributed by atoms with E-state index in [0.717, 1.165) is 59.5 Å². The molecule has 1 heterocycles. The van der Waals surface area contributed by atoms with Crippen molar-refractivity contribution in [1.82, 2.24) is 0 Å². The zero-order valence-electron chi connectivity index (χ0n) is 19.6. The molecule has 0 bridgehead atoms. The standard InChI is InChI=1S/C28H40O3/c1-3-5-7-9-11-13-19-29-23-15-17-25-26-18-16-24(22-28(26)31-27(25)21-23)30-20-14-12-10-8-6-4-2/h15-18,21-22H,3-14,19-20H2,1-2H3. The average Bonchev–Trinajstić information content (AvgIpc) is 3.15. The maximum Gasteiger partial charge on any atom is 0.139 e. The molecule has 0 aliphatic carbocycles. The highest BCUT2D eigenvalue weighted by atomic mass is 16.5. The van der Waals surface area contributed by atoms with E-state index in [4.69, 9.17) is 13.9 Å². The van der Waals surface area contributed by atoms with Crippen LogP contribution >= 0.6 is 0 Å². The van der Waals surface area contributed by atoms with Crippen molar-refractivity contribution in [3.05, 3.63) is 36.4 Å². The van der Waals surface area contributed by atoms with Gasteiger partial charge in [-0.2, -0.15) is 0 Å². The number of rotatable bonds is 16. The van der Waals surface area contributed by atoms with Crippen molar-refractivity contribution in [3.63, 3.8) is 0 Å². The molecule has 0 radical (unpaired) electrons. The molecule has 0 N–H and O–H groups in total.